The molecule has 4 aliphatic rings. The molecule has 2 saturated heterocycles. The average molecular weight is 361 g/mol. The second-order valence-electron chi connectivity index (χ2n) is 9.03. The third kappa shape index (κ3) is 3.04. The zero-order valence-electron chi connectivity index (χ0n) is 15.7. The number of benzene rings is 2. The lowest BCUT2D eigenvalue weighted by molar-refractivity contribution is -0.155. The monoisotopic (exact) mass is 360 g/mol. The summed E-state index contributed by atoms with van der Waals surface area (Å²) in [6.07, 6.45) is 5.57. The fourth-order valence-corrected chi connectivity index (χ4v) is 5.10. The molecule has 0 bridgehead atoms. The highest BCUT2D eigenvalue weighted by atomic mass is 16.3. The van der Waals surface area contributed by atoms with Gasteiger partial charge < -0.3 is 15.7 Å². The summed E-state index contributed by atoms with van der Waals surface area (Å²) in [5.74, 6) is 0. The van der Waals surface area contributed by atoms with E-state index in [2.05, 4.69) is 47.0 Å². The van der Waals surface area contributed by atoms with Crippen molar-refractivity contribution >= 4 is 5.57 Å². The van der Waals surface area contributed by atoms with E-state index in [9.17, 15) is 5.11 Å². The number of rotatable bonds is 2. The lowest BCUT2D eigenvalue weighted by atomic mass is 9.54. The van der Waals surface area contributed by atoms with E-state index in [4.69, 9.17) is 0 Å². The Balaban J connectivity index is 0.000000119. The number of allylic oxidation sites excluding steroid dienone is 1. The fourth-order valence-electron chi connectivity index (χ4n) is 5.10. The van der Waals surface area contributed by atoms with Gasteiger partial charge in [-0.3, -0.25) is 0 Å². The zero-order chi connectivity index (χ0) is 18.4. The highest BCUT2D eigenvalue weighted by Gasteiger charge is 2.57. The first kappa shape index (κ1) is 17.2. The fraction of sp³-hybridized carbons (Fsp3) is 0.417. The molecule has 0 aromatic heterocycles. The summed E-state index contributed by atoms with van der Waals surface area (Å²) in [4.78, 5) is 0. The van der Waals surface area contributed by atoms with Crippen molar-refractivity contribution in [3.8, 4) is 0 Å². The first-order chi connectivity index (χ1) is 13.1. The summed E-state index contributed by atoms with van der Waals surface area (Å²) in [7, 11) is 0. The van der Waals surface area contributed by atoms with Crippen molar-refractivity contribution < 1.29 is 5.11 Å². The normalized spacial score (nSPS) is 25.0. The van der Waals surface area contributed by atoms with Crippen LogP contribution in [-0.2, 0) is 5.60 Å². The van der Waals surface area contributed by atoms with Crippen LogP contribution in [0, 0.1) is 10.8 Å². The molecule has 2 aromatic rings. The maximum atomic E-state index is 10.4. The van der Waals surface area contributed by atoms with Crippen molar-refractivity contribution in [3.63, 3.8) is 0 Å². The molecule has 3 nitrogen and oxygen atoms in total. The smallest absolute Gasteiger partial charge is 0.0909 e. The number of hydrogen-bond acceptors (Lipinski definition) is 3. The Morgan fingerprint density at radius 1 is 0.741 bits per heavy atom. The van der Waals surface area contributed by atoms with Gasteiger partial charge in [-0.1, -0.05) is 66.7 Å². The molecule has 140 valence electrons. The SMILES string of the molecule is C1=C(c2ccccc2)CC12CNC2.OC1(c2ccccc2)CC2(CNC2)C1. The molecular formula is C24H28N2O. The summed E-state index contributed by atoms with van der Waals surface area (Å²) in [6, 6.07) is 20.7. The van der Waals surface area contributed by atoms with Crippen molar-refractivity contribution in [3.05, 3.63) is 77.9 Å². The largest absolute Gasteiger partial charge is 0.385 e. The van der Waals surface area contributed by atoms with Crippen molar-refractivity contribution in [2.24, 2.45) is 10.8 Å². The van der Waals surface area contributed by atoms with Crippen LogP contribution >= 0.6 is 0 Å². The van der Waals surface area contributed by atoms with Crippen LogP contribution in [0.2, 0.25) is 0 Å². The molecule has 3 heteroatoms. The Morgan fingerprint density at radius 3 is 1.78 bits per heavy atom. The van der Waals surface area contributed by atoms with Gasteiger partial charge in [0, 0.05) is 37.0 Å². The second kappa shape index (κ2) is 6.30. The van der Waals surface area contributed by atoms with Crippen LogP contribution in [0.5, 0.6) is 0 Å². The van der Waals surface area contributed by atoms with Crippen LogP contribution in [-0.4, -0.2) is 31.3 Å². The van der Waals surface area contributed by atoms with E-state index in [1.807, 2.05) is 30.3 Å². The van der Waals surface area contributed by atoms with E-state index in [1.165, 1.54) is 30.6 Å². The van der Waals surface area contributed by atoms with Crippen LogP contribution < -0.4 is 10.6 Å². The van der Waals surface area contributed by atoms with E-state index < -0.39 is 5.60 Å². The molecule has 2 aromatic carbocycles. The van der Waals surface area contributed by atoms with Gasteiger partial charge in [0.25, 0.3) is 0 Å². The summed E-state index contributed by atoms with van der Waals surface area (Å²) >= 11 is 0. The Bertz CT molecular complexity index is 827. The van der Waals surface area contributed by atoms with Crippen LogP contribution in [0.4, 0.5) is 0 Å². The number of aliphatic hydroxyl groups is 1. The Morgan fingerprint density at radius 2 is 1.30 bits per heavy atom. The molecule has 0 unspecified atom stereocenters. The van der Waals surface area contributed by atoms with E-state index in [1.54, 1.807) is 0 Å². The van der Waals surface area contributed by atoms with Crippen LogP contribution in [0.1, 0.15) is 30.4 Å². The first-order valence-corrected chi connectivity index (χ1v) is 10.1. The van der Waals surface area contributed by atoms with Crippen molar-refractivity contribution in [1.29, 1.82) is 0 Å². The lowest BCUT2D eigenvalue weighted by Crippen LogP contribution is -2.65. The average Bonchev–Trinajstić information content (AvgIpc) is 2.57. The van der Waals surface area contributed by atoms with Gasteiger partial charge in [0.2, 0.25) is 0 Å². The summed E-state index contributed by atoms with van der Waals surface area (Å²) in [6.45, 7) is 4.54. The molecule has 6 rings (SSSR count). The van der Waals surface area contributed by atoms with Crippen molar-refractivity contribution in [1.82, 2.24) is 10.6 Å². The number of hydrogen-bond donors (Lipinski definition) is 3. The minimum atomic E-state index is -0.538. The van der Waals surface area contributed by atoms with Crippen molar-refractivity contribution in [2.75, 3.05) is 26.2 Å². The molecule has 0 amide bonds. The molecule has 2 heterocycles. The van der Waals surface area contributed by atoms with Gasteiger partial charge in [-0.15, -0.1) is 0 Å². The quantitative estimate of drug-likeness (QED) is 0.770. The van der Waals surface area contributed by atoms with Gasteiger partial charge in [-0.05, 0) is 36.0 Å². The number of nitrogens with one attached hydrogen (secondary N) is 2. The molecule has 2 aliphatic carbocycles. The highest BCUT2D eigenvalue weighted by molar-refractivity contribution is 5.73. The predicted octanol–water partition coefficient (Wildman–Crippen LogP) is 3.32. The Kier molecular flexibility index (Phi) is 4.01. The highest BCUT2D eigenvalue weighted by Crippen LogP contribution is 2.55. The van der Waals surface area contributed by atoms with Gasteiger partial charge >= 0.3 is 0 Å². The first-order valence-electron chi connectivity index (χ1n) is 10.1. The molecule has 0 radical (unpaired) electrons. The molecular weight excluding hydrogens is 332 g/mol. The standard InChI is InChI=1S/C12H15NO.C12H13N/c14-12(10-4-2-1-3-5-10)6-11(7-12)8-13-9-11;1-2-4-10(5-3-1)11-6-12(7-11)8-13-9-12/h1-5,13-14H,6-9H2;1-6,13H,7-9H2. The second-order valence-corrected chi connectivity index (χ2v) is 9.03. The van der Waals surface area contributed by atoms with Crippen molar-refractivity contribution in [2.45, 2.75) is 24.9 Å². The molecule has 2 spiro atoms. The minimum absolute atomic E-state index is 0.421. The topological polar surface area (TPSA) is 44.3 Å². The van der Waals surface area contributed by atoms with Gasteiger partial charge in [0.1, 0.15) is 0 Å². The summed E-state index contributed by atoms with van der Waals surface area (Å²) < 4.78 is 0. The minimum Gasteiger partial charge on any atom is -0.385 e. The molecule has 2 aliphatic heterocycles. The van der Waals surface area contributed by atoms with Gasteiger partial charge in [0.05, 0.1) is 5.60 Å². The Hall–Kier alpha value is -1.94. The molecule has 3 fully saturated rings. The maximum Gasteiger partial charge on any atom is 0.0909 e. The third-order valence-electron chi connectivity index (χ3n) is 6.77. The zero-order valence-corrected chi connectivity index (χ0v) is 15.7. The summed E-state index contributed by atoms with van der Waals surface area (Å²) in [5, 5.41) is 17.0. The molecule has 3 N–H and O–H groups in total. The van der Waals surface area contributed by atoms with E-state index in [-0.39, 0.29) is 0 Å². The van der Waals surface area contributed by atoms with E-state index in [0.717, 1.165) is 31.5 Å². The molecule has 1 saturated carbocycles. The van der Waals surface area contributed by atoms with Gasteiger partial charge in [-0.2, -0.15) is 0 Å². The lowest BCUT2D eigenvalue weighted by Gasteiger charge is -2.59. The van der Waals surface area contributed by atoms with Crippen LogP contribution in [0.15, 0.2) is 66.7 Å². The maximum absolute atomic E-state index is 10.4. The van der Waals surface area contributed by atoms with Gasteiger partial charge in [0.15, 0.2) is 0 Å². The predicted molar refractivity (Wildman–Crippen MR) is 109 cm³/mol. The van der Waals surface area contributed by atoms with E-state index >= 15 is 0 Å². The summed E-state index contributed by atoms with van der Waals surface area (Å²) in [5.41, 5.74) is 4.44. The van der Waals surface area contributed by atoms with Crippen LogP contribution in [0.25, 0.3) is 5.57 Å². The van der Waals surface area contributed by atoms with Gasteiger partial charge in [-0.25, -0.2) is 0 Å². The van der Waals surface area contributed by atoms with Crippen LogP contribution in [0.3, 0.4) is 0 Å². The molecule has 0 atom stereocenters. The third-order valence-corrected chi connectivity index (χ3v) is 6.77. The van der Waals surface area contributed by atoms with E-state index in [0.29, 0.717) is 10.8 Å². The molecule has 27 heavy (non-hydrogen) atoms. The Labute approximate surface area is 161 Å².